The first-order valence-electron chi connectivity index (χ1n) is 6.80. The second-order valence-electron chi connectivity index (χ2n) is 4.62. The van der Waals surface area contributed by atoms with E-state index in [1.54, 1.807) is 12.4 Å². The van der Waals surface area contributed by atoms with Crippen LogP contribution in [0.1, 0.15) is 30.2 Å². The Bertz CT molecular complexity index is 556. The number of hydrogen-bond donors (Lipinski definition) is 2. The van der Waals surface area contributed by atoms with Crippen molar-refractivity contribution < 1.29 is 4.79 Å². The van der Waals surface area contributed by atoms with Crippen LogP contribution in [0.4, 0.5) is 0 Å². The third kappa shape index (κ3) is 4.39. The molecule has 2 aromatic rings. The van der Waals surface area contributed by atoms with E-state index in [4.69, 9.17) is 0 Å². The third-order valence-corrected chi connectivity index (χ3v) is 2.91. The first-order chi connectivity index (χ1) is 9.78. The van der Waals surface area contributed by atoms with Crippen molar-refractivity contribution in [1.29, 1.82) is 0 Å². The smallest absolute Gasteiger partial charge is 0.243 e. The molecule has 0 radical (unpaired) electrons. The molecule has 2 rings (SSSR count). The number of aromatic nitrogens is 2. The number of imidazole rings is 1. The van der Waals surface area contributed by atoms with Crippen LogP contribution >= 0.6 is 0 Å². The van der Waals surface area contributed by atoms with E-state index < -0.39 is 0 Å². The molecule has 0 unspecified atom stereocenters. The molecule has 0 aliphatic carbocycles. The van der Waals surface area contributed by atoms with E-state index in [0.717, 1.165) is 24.1 Å². The molecule has 4 heteroatoms. The molecule has 0 fully saturated rings. The van der Waals surface area contributed by atoms with Gasteiger partial charge in [-0.1, -0.05) is 31.2 Å². The van der Waals surface area contributed by atoms with Crippen molar-refractivity contribution in [3.05, 3.63) is 59.7 Å². The summed E-state index contributed by atoms with van der Waals surface area (Å²) in [5.41, 5.74) is 3.32. The highest BCUT2D eigenvalue weighted by Gasteiger charge is 1.98. The summed E-state index contributed by atoms with van der Waals surface area (Å²) in [5.74, 6) is -0.0478. The van der Waals surface area contributed by atoms with Crippen LogP contribution in [0.25, 0.3) is 6.08 Å². The minimum Gasteiger partial charge on any atom is -0.353 e. The molecule has 1 aromatic carbocycles. The maximum Gasteiger partial charge on any atom is 0.243 e. The number of hydrogen-bond acceptors (Lipinski definition) is 2. The van der Waals surface area contributed by atoms with Gasteiger partial charge in [-0.15, -0.1) is 0 Å². The number of rotatable bonds is 6. The Labute approximate surface area is 118 Å². The monoisotopic (exact) mass is 269 g/mol. The zero-order valence-corrected chi connectivity index (χ0v) is 11.6. The maximum atomic E-state index is 11.4. The first-order valence-corrected chi connectivity index (χ1v) is 6.80. The fraction of sp³-hybridized carbons (Fsp3) is 0.250. The van der Waals surface area contributed by atoms with Gasteiger partial charge in [-0.2, -0.15) is 0 Å². The standard InChI is InChI=1S/C16H19N3O/c1-2-9-18-16(20)8-7-13-3-5-14(6-4-13)10-15-11-17-12-19-15/h3-8,11-12H,2,9-10H2,1H3,(H,17,19)(H,18,20)/b8-7+. The van der Waals surface area contributed by atoms with E-state index >= 15 is 0 Å². The molecule has 104 valence electrons. The summed E-state index contributed by atoms with van der Waals surface area (Å²) in [6, 6.07) is 8.14. The average Bonchev–Trinajstić information content (AvgIpc) is 2.97. The molecule has 20 heavy (non-hydrogen) atoms. The quantitative estimate of drug-likeness (QED) is 0.792. The second kappa shape index (κ2) is 7.28. The van der Waals surface area contributed by atoms with Gasteiger partial charge in [0.25, 0.3) is 0 Å². The van der Waals surface area contributed by atoms with Crippen molar-refractivity contribution in [3.8, 4) is 0 Å². The number of carbonyl (C=O) groups is 1. The number of amides is 1. The SMILES string of the molecule is CCCNC(=O)/C=C/c1ccc(Cc2cnc[nH]2)cc1. The van der Waals surface area contributed by atoms with E-state index in [1.807, 2.05) is 31.3 Å². The van der Waals surface area contributed by atoms with Crippen LogP contribution in [-0.2, 0) is 11.2 Å². The molecule has 1 aromatic heterocycles. The zero-order valence-electron chi connectivity index (χ0n) is 11.6. The maximum absolute atomic E-state index is 11.4. The van der Waals surface area contributed by atoms with E-state index in [-0.39, 0.29) is 5.91 Å². The van der Waals surface area contributed by atoms with Gasteiger partial charge in [0.2, 0.25) is 5.91 Å². The number of benzene rings is 1. The Morgan fingerprint density at radius 2 is 2.15 bits per heavy atom. The van der Waals surface area contributed by atoms with Crippen LogP contribution in [0.2, 0.25) is 0 Å². The lowest BCUT2D eigenvalue weighted by molar-refractivity contribution is -0.116. The van der Waals surface area contributed by atoms with Crippen molar-refractivity contribution in [1.82, 2.24) is 15.3 Å². The molecule has 4 nitrogen and oxygen atoms in total. The fourth-order valence-electron chi connectivity index (χ4n) is 1.83. The van der Waals surface area contributed by atoms with Gasteiger partial charge in [-0.05, 0) is 23.6 Å². The van der Waals surface area contributed by atoms with Gasteiger partial charge in [0.15, 0.2) is 0 Å². The number of H-pyrrole nitrogens is 1. The number of aromatic amines is 1. The average molecular weight is 269 g/mol. The lowest BCUT2D eigenvalue weighted by Gasteiger charge is -2.00. The predicted molar refractivity (Wildman–Crippen MR) is 80.2 cm³/mol. The molecule has 1 amide bonds. The molecular weight excluding hydrogens is 250 g/mol. The van der Waals surface area contributed by atoms with Crippen LogP contribution in [0.15, 0.2) is 42.9 Å². The Kier molecular flexibility index (Phi) is 5.12. The van der Waals surface area contributed by atoms with Crippen LogP contribution in [0.5, 0.6) is 0 Å². The van der Waals surface area contributed by atoms with Crippen LogP contribution in [-0.4, -0.2) is 22.4 Å². The Hall–Kier alpha value is -2.36. The molecule has 0 aliphatic rings. The van der Waals surface area contributed by atoms with Crippen molar-refractivity contribution in [2.24, 2.45) is 0 Å². The lowest BCUT2D eigenvalue weighted by atomic mass is 10.1. The molecule has 0 spiro atoms. The minimum absolute atomic E-state index is 0.0478. The molecule has 2 N–H and O–H groups in total. The largest absolute Gasteiger partial charge is 0.353 e. The third-order valence-electron chi connectivity index (χ3n) is 2.91. The van der Waals surface area contributed by atoms with Crippen LogP contribution < -0.4 is 5.32 Å². The normalized spacial score (nSPS) is 10.8. The Morgan fingerprint density at radius 1 is 1.35 bits per heavy atom. The van der Waals surface area contributed by atoms with E-state index in [2.05, 4.69) is 27.4 Å². The van der Waals surface area contributed by atoms with Crippen molar-refractivity contribution in [2.75, 3.05) is 6.54 Å². The first kappa shape index (κ1) is 14.1. The van der Waals surface area contributed by atoms with E-state index in [9.17, 15) is 4.79 Å². The molecule has 0 saturated heterocycles. The van der Waals surface area contributed by atoms with Gasteiger partial charge >= 0.3 is 0 Å². The summed E-state index contributed by atoms with van der Waals surface area (Å²) in [6.45, 7) is 2.74. The van der Waals surface area contributed by atoms with Crippen LogP contribution in [0, 0.1) is 0 Å². The molecule has 1 heterocycles. The minimum atomic E-state index is -0.0478. The number of carbonyl (C=O) groups excluding carboxylic acids is 1. The summed E-state index contributed by atoms with van der Waals surface area (Å²) < 4.78 is 0. The lowest BCUT2D eigenvalue weighted by Crippen LogP contribution is -2.21. The van der Waals surface area contributed by atoms with Gasteiger partial charge in [0.1, 0.15) is 0 Å². The Morgan fingerprint density at radius 3 is 2.80 bits per heavy atom. The molecule has 0 atom stereocenters. The summed E-state index contributed by atoms with van der Waals surface area (Å²) >= 11 is 0. The summed E-state index contributed by atoms with van der Waals surface area (Å²) in [4.78, 5) is 18.5. The fourth-order valence-corrected chi connectivity index (χ4v) is 1.83. The molecular formula is C16H19N3O. The van der Waals surface area contributed by atoms with Gasteiger partial charge < -0.3 is 10.3 Å². The van der Waals surface area contributed by atoms with Gasteiger partial charge in [0, 0.05) is 30.9 Å². The highest BCUT2D eigenvalue weighted by Crippen LogP contribution is 2.09. The van der Waals surface area contributed by atoms with E-state index in [0.29, 0.717) is 6.54 Å². The molecule has 0 bridgehead atoms. The topological polar surface area (TPSA) is 57.8 Å². The van der Waals surface area contributed by atoms with Gasteiger partial charge in [0.05, 0.1) is 6.33 Å². The number of nitrogens with one attached hydrogen (secondary N) is 2. The predicted octanol–water partition coefficient (Wildman–Crippen LogP) is 2.54. The highest BCUT2D eigenvalue weighted by molar-refractivity contribution is 5.91. The highest BCUT2D eigenvalue weighted by atomic mass is 16.1. The van der Waals surface area contributed by atoms with Crippen molar-refractivity contribution in [3.63, 3.8) is 0 Å². The van der Waals surface area contributed by atoms with E-state index in [1.165, 1.54) is 5.56 Å². The van der Waals surface area contributed by atoms with Gasteiger partial charge in [-0.25, -0.2) is 4.98 Å². The summed E-state index contributed by atoms with van der Waals surface area (Å²) in [6.07, 6.45) is 8.68. The summed E-state index contributed by atoms with van der Waals surface area (Å²) in [7, 11) is 0. The van der Waals surface area contributed by atoms with Crippen LogP contribution in [0.3, 0.4) is 0 Å². The summed E-state index contributed by atoms with van der Waals surface area (Å²) in [5, 5.41) is 2.81. The number of nitrogens with zero attached hydrogens (tertiary/aromatic N) is 1. The Balaban J connectivity index is 1.91. The van der Waals surface area contributed by atoms with Crippen molar-refractivity contribution in [2.45, 2.75) is 19.8 Å². The molecule has 0 aliphatic heterocycles. The van der Waals surface area contributed by atoms with Crippen molar-refractivity contribution >= 4 is 12.0 Å². The second-order valence-corrected chi connectivity index (χ2v) is 4.62. The van der Waals surface area contributed by atoms with Gasteiger partial charge in [-0.3, -0.25) is 4.79 Å². The zero-order chi connectivity index (χ0) is 14.2. The molecule has 0 saturated carbocycles.